The van der Waals surface area contributed by atoms with E-state index in [9.17, 15) is 4.79 Å². The molecule has 0 bridgehead atoms. The second-order valence-corrected chi connectivity index (χ2v) is 7.03. The second-order valence-electron chi connectivity index (χ2n) is 6.08. The molecule has 0 spiro atoms. The Kier molecular flexibility index (Phi) is 4.38. The van der Waals surface area contributed by atoms with E-state index in [4.69, 9.17) is 9.84 Å². The van der Waals surface area contributed by atoms with Gasteiger partial charge >= 0.3 is 0 Å². The Morgan fingerprint density at radius 1 is 1.24 bits per heavy atom. The molecule has 1 fully saturated rings. The average Bonchev–Trinajstić information content (AvgIpc) is 3.31. The predicted molar refractivity (Wildman–Crippen MR) is 98.2 cm³/mol. The van der Waals surface area contributed by atoms with Crippen LogP contribution in [-0.2, 0) is 4.74 Å². The Morgan fingerprint density at radius 3 is 2.80 bits per heavy atom. The molecule has 2 aromatic heterocycles. The van der Waals surface area contributed by atoms with Gasteiger partial charge in [-0.15, -0.1) is 11.3 Å². The Hall–Kier alpha value is -2.44. The SMILES string of the molecule is CC1CN(C(=O)c2cn(-c3ccccc3)nc2-c2cccs2)CCO1. The number of thiophene rings is 1. The Morgan fingerprint density at radius 2 is 2.08 bits per heavy atom. The molecule has 1 unspecified atom stereocenters. The molecule has 1 aliphatic heterocycles. The van der Waals surface area contributed by atoms with Crippen molar-refractivity contribution in [3.8, 4) is 16.3 Å². The van der Waals surface area contributed by atoms with Crippen molar-refractivity contribution in [3.63, 3.8) is 0 Å². The summed E-state index contributed by atoms with van der Waals surface area (Å²) in [6.45, 7) is 3.80. The summed E-state index contributed by atoms with van der Waals surface area (Å²) in [5.74, 6) is 0.0146. The Bertz CT molecular complexity index is 858. The van der Waals surface area contributed by atoms with Crippen molar-refractivity contribution in [1.29, 1.82) is 0 Å². The normalized spacial score (nSPS) is 17.6. The quantitative estimate of drug-likeness (QED) is 0.724. The molecule has 3 aromatic rings. The molecule has 0 N–H and O–H groups in total. The molecule has 0 saturated carbocycles. The van der Waals surface area contributed by atoms with Crippen molar-refractivity contribution in [1.82, 2.24) is 14.7 Å². The zero-order chi connectivity index (χ0) is 17.2. The van der Waals surface area contributed by atoms with E-state index in [1.807, 2.05) is 65.9 Å². The molecule has 1 aromatic carbocycles. The van der Waals surface area contributed by atoms with Crippen molar-refractivity contribution < 1.29 is 9.53 Å². The zero-order valence-corrected chi connectivity index (χ0v) is 14.8. The maximum absolute atomic E-state index is 13.1. The number of carbonyl (C=O) groups excluding carboxylic acids is 1. The van der Waals surface area contributed by atoms with Gasteiger partial charge in [0.15, 0.2) is 0 Å². The molecule has 1 atom stereocenters. The van der Waals surface area contributed by atoms with Crippen LogP contribution in [0.5, 0.6) is 0 Å². The van der Waals surface area contributed by atoms with Gasteiger partial charge in [0.25, 0.3) is 5.91 Å². The summed E-state index contributed by atoms with van der Waals surface area (Å²) in [6, 6.07) is 13.8. The first-order valence-electron chi connectivity index (χ1n) is 8.32. The summed E-state index contributed by atoms with van der Waals surface area (Å²) in [5.41, 5.74) is 2.32. The zero-order valence-electron chi connectivity index (χ0n) is 14.0. The number of hydrogen-bond donors (Lipinski definition) is 0. The number of amides is 1. The minimum absolute atomic E-state index is 0.0146. The topological polar surface area (TPSA) is 47.4 Å². The van der Waals surface area contributed by atoms with Gasteiger partial charge in [-0.3, -0.25) is 4.79 Å². The van der Waals surface area contributed by atoms with Gasteiger partial charge in [-0.1, -0.05) is 24.3 Å². The number of nitrogens with zero attached hydrogens (tertiary/aromatic N) is 3. The number of ether oxygens (including phenoxy) is 1. The molecule has 0 aliphatic carbocycles. The van der Waals surface area contributed by atoms with Crippen molar-refractivity contribution in [3.05, 3.63) is 59.6 Å². The number of aromatic nitrogens is 2. The fourth-order valence-corrected chi connectivity index (χ4v) is 3.74. The standard InChI is InChI=1S/C19H19N3O2S/c1-14-12-21(9-10-24-14)19(23)16-13-22(15-6-3-2-4-7-15)20-18(16)17-8-5-11-25-17/h2-8,11,13-14H,9-10,12H2,1H3. The second kappa shape index (κ2) is 6.82. The molecule has 6 heteroatoms. The number of benzene rings is 1. The Balaban J connectivity index is 1.75. The van der Waals surface area contributed by atoms with Gasteiger partial charge in [0.2, 0.25) is 0 Å². The predicted octanol–water partition coefficient (Wildman–Crippen LogP) is 3.46. The largest absolute Gasteiger partial charge is 0.375 e. The van der Waals surface area contributed by atoms with E-state index in [2.05, 4.69) is 0 Å². The van der Waals surface area contributed by atoms with E-state index >= 15 is 0 Å². The smallest absolute Gasteiger partial charge is 0.257 e. The van der Waals surface area contributed by atoms with Crippen LogP contribution in [0, 0.1) is 0 Å². The minimum Gasteiger partial charge on any atom is -0.375 e. The molecule has 3 heterocycles. The highest BCUT2D eigenvalue weighted by molar-refractivity contribution is 7.13. The molecule has 1 saturated heterocycles. The van der Waals surface area contributed by atoms with Gasteiger partial charge < -0.3 is 9.64 Å². The van der Waals surface area contributed by atoms with Gasteiger partial charge in [0.1, 0.15) is 5.69 Å². The Labute approximate surface area is 150 Å². The fraction of sp³-hybridized carbons (Fsp3) is 0.263. The van der Waals surface area contributed by atoms with E-state index in [1.165, 1.54) is 0 Å². The van der Waals surface area contributed by atoms with Crippen LogP contribution in [-0.4, -0.2) is 46.4 Å². The lowest BCUT2D eigenvalue weighted by molar-refractivity contribution is -0.0123. The van der Waals surface area contributed by atoms with Crippen LogP contribution in [0.15, 0.2) is 54.0 Å². The lowest BCUT2D eigenvalue weighted by atomic mass is 10.1. The number of para-hydroxylation sites is 1. The van der Waals surface area contributed by atoms with Gasteiger partial charge in [-0.2, -0.15) is 5.10 Å². The summed E-state index contributed by atoms with van der Waals surface area (Å²) in [6.07, 6.45) is 1.90. The summed E-state index contributed by atoms with van der Waals surface area (Å²) >= 11 is 1.59. The van der Waals surface area contributed by atoms with Gasteiger partial charge in [-0.05, 0) is 30.5 Å². The molecule has 1 amide bonds. The summed E-state index contributed by atoms with van der Waals surface area (Å²) in [5, 5.41) is 6.71. The van der Waals surface area contributed by atoms with Crippen molar-refractivity contribution in [2.75, 3.05) is 19.7 Å². The highest BCUT2D eigenvalue weighted by atomic mass is 32.1. The van der Waals surface area contributed by atoms with Crippen molar-refractivity contribution in [2.45, 2.75) is 13.0 Å². The van der Waals surface area contributed by atoms with E-state index in [-0.39, 0.29) is 12.0 Å². The van der Waals surface area contributed by atoms with Crippen LogP contribution < -0.4 is 0 Å². The summed E-state index contributed by atoms with van der Waals surface area (Å²) < 4.78 is 7.34. The first-order chi connectivity index (χ1) is 12.2. The molecule has 25 heavy (non-hydrogen) atoms. The van der Waals surface area contributed by atoms with Gasteiger partial charge in [-0.25, -0.2) is 4.68 Å². The third kappa shape index (κ3) is 3.23. The van der Waals surface area contributed by atoms with E-state index in [0.717, 1.165) is 16.3 Å². The maximum Gasteiger partial charge on any atom is 0.257 e. The molecule has 1 aliphatic rings. The van der Waals surface area contributed by atoms with E-state index < -0.39 is 0 Å². The monoisotopic (exact) mass is 353 g/mol. The third-order valence-electron chi connectivity index (χ3n) is 4.25. The number of morpholine rings is 1. The van der Waals surface area contributed by atoms with Gasteiger partial charge in [0.05, 0.1) is 28.8 Å². The average molecular weight is 353 g/mol. The van der Waals surface area contributed by atoms with Crippen LogP contribution in [0.4, 0.5) is 0 Å². The number of rotatable bonds is 3. The van der Waals surface area contributed by atoms with Crippen LogP contribution in [0.25, 0.3) is 16.3 Å². The molecule has 0 radical (unpaired) electrons. The highest BCUT2D eigenvalue weighted by Gasteiger charge is 2.27. The first kappa shape index (κ1) is 16.1. The first-order valence-corrected chi connectivity index (χ1v) is 9.20. The van der Waals surface area contributed by atoms with E-state index in [0.29, 0.717) is 25.3 Å². The van der Waals surface area contributed by atoms with Crippen LogP contribution >= 0.6 is 11.3 Å². The van der Waals surface area contributed by atoms with Crippen LogP contribution in [0.2, 0.25) is 0 Å². The lowest BCUT2D eigenvalue weighted by Crippen LogP contribution is -2.44. The van der Waals surface area contributed by atoms with Crippen molar-refractivity contribution >= 4 is 17.2 Å². The molecule has 5 nitrogen and oxygen atoms in total. The van der Waals surface area contributed by atoms with Crippen LogP contribution in [0.3, 0.4) is 0 Å². The van der Waals surface area contributed by atoms with Crippen LogP contribution in [0.1, 0.15) is 17.3 Å². The molecular weight excluding hydrogens is 334 g/mol. The summed E-state index contributed by atoms with van der Waals surface area (Å²) in [4.78, 5) is 16.0. The molecule has 4 rings (SSSR count). The summed E-state index contributed by atoms with van der Waals surface area (Å²) in [7, 11) is 0. The van der Waals surface area contributed by atoms with Crippen molar-refractivity contribution in [2.24, 2.45) is 0 Å². The minimum atomic E-state index is 0.0146. The van der Waals surface area contributed by atoms with Gasteiger partial charge in [0, 0.05) is 19.3 Å². The molecular formula is C19H19N3O2S. The van der Waals surface area contributed by atoms with E-state index in [1.54, 1.807) is 16.0 Å². The lowest BCUT2D eigenvalue weighted by Gasteiger charge is -2.31. The highest BCUT2D eigenvalue weighted by Crippen LogP contribution is 2.29. The third-order valence-corrected chi connectivity index (χ3v) is 5.12. The number of hydrogen-bond acceptors (Lipinski definition) is 4. The maximum atomic E-state index is 13.1. The fourth-order valence-electron chi connectivity index (χ4n) is 3.01. The number of carbonyl (C=O) groups is 1. The molecule has 128 valence electrons.